The first-order valence-electron chi connectivity index (χ1n) is 0.548. The number of hydrogen-bond acceptors (Lipinski definition) is 4. The van der Waals surface area contributed by atoms with Crippen LogP contribution in [0.4, 0.5) is 0 Å². The zero-order chi connectivity index (χ0) is 3.58. The molecule has 0 fully saturated rings. The van der Waals surface area contributed by atoms with Gasteiger partial charge in [0.2, 0.25) is 0 Å². The van der Waals surface area contributed by atoms with E-state index >= 15 is 0 Å². The molecular weight excluding hydrogens is 200 g/mol. The molecule has 0 rings (SSSR count). The van der Waals surface area contributed by atoms with Crippen LogP contribution < -0.4 is 6.15 Å². The summed E-state index contributed by atoms with van der Waals surface area (Å²) in [6.07, 6.45) is 0. The molecular formula is H5AgN2O4. The predicted octanol–water partition coefficient (Wildman–Crippen LogP) is -0.0422. The van der Waals surface area contributed by atoms with Crippen LogP contribution in [0.25, 0.3) is 0 Å². The van der Waals surface area contributed by atoms with Crippen molar-refractivity contribution in [1.29, 1.82) is 0 Å². The van der Waals surface area contributed by atoms with Gasteiger partial charge in [-0.1, -0.05) is 0 Å². The molecule has 0 bridgehead atoms. The molecule has 0 aromatic rings. The number of nitrogens with zero attached hydrogens (tertiary/aromatic N) is 1. The van der Waals surface area contributed by atoms with Gasteiger partial charge in [-0.3, -0.25) is 0 Å². The van der Waals surface area contributed by atoms with E-state index in [0.717, 1.165) is 0 Å². The largest absolute Gasteiger partial charge is 1.00 e. The molecule has 7 heavy (non-hydrogen) atoms. The van der Waals surface area contributed by atoms with Gasteiger partial charge >= 0.3 is 22.4 Å². The van der Waals surface area contributed by atoms with Crippen molar-refractivity contribution in [1.82, 2.24) is 6.15 Å². The molecule has 0 saturated carbocycles. The van der Waals surface area contributed by atoms with Crippen LogP contribution in [0.1, 0.15) is 0 Å². The fourth-order valence-corrected chi connectivity index (χ4v) is 0. The van der Waals surface area contributed by atoms with Crippen LogP contribution in [0, 0.1) is 15.3 Å². The van der Waals surface area contributed by atoms with Gasteiger partial charge < -0.3 is 26.9 Å². The standard InChI is InChI=1S/Ag.NO3.H3N.H2O/c;2-1(3)4;;/h;;1H3;1H2/q+1;-1;;. The topological polar surface area (TPSA) is 133 Å². The first-order chi connectivity index (χ1) is 1.73. The van der Waals surface area contributed by atoms with Crippen molar-refractivity contribution in [3.63, 3.8) is 0 Å². The van der Waals surface area contributed by atoms with Gasteiger partial charge in [0.15, 0.2) is 0 Å². The number of hydrogen-bond donors (Lipinski definition) is 1. The average molecular weight is 205 g/mol. The molecule has 0 aliphatic rings. The first kappa shape index (κ1) is 28.8. The molecule has 6 nitrogen and oxygen atoms in total. The molecule has 0 heterocycles. The predicted molar refractivity (Wildman–Crippen MR) is 18.3 cm³/mol. The van der Waals surface area contributed by atoms with Gasteiger partial charge in [-0.05, 0) is 0 Å². The summed E-state index contributed by atoms with van der Waals surface area (Å²) < 4.78 is 0. The van der Waals surface area contributed by atoms with Crippen LogP contribution >= 0.6 is 0 Å². The van der Waals surface area contributed by atoms with Gasteiger partial charge in [-0.25, -0.2) is 0 Å². The first-order valence-corrected chi connectivity index (χ1v) is 0.548. The molecule has 0 aliphatic heterocycles. The maximum absolute atomic E-state index is 8.25. The monoisotopic (exact) mass is 204 g/mol. The Balaban J connectivity index is -0.0000000150. The molecule has 0 atom stereocenters. The summed E-state index contributed by atoms with van der Waals surface area (Å²) in [6, 6.07) is 0. The molecule has 0 radical (unpaired) electrons. The SMILES string of the molecule is O=[N+]([O-])[O-].[Ag+].[NH4+].[OH-]. The van der Waals surface area contributed by atoms with Crippen molar-refractivity contribution in [3.05, 3.63) is 15.3 Å². The van der Waals surface area contributed by atoms with Crippen LogP contribution in [0.2, 0.25) is 0 Å². The molecule has 0 unspecified atom stereocenters. The Morgan fingerprint density at radius 2 is 1.29 bits per heavy atom. The fourth-order valence-electron chi connectivity index (χ4n) is 0. The van der Waals surface area contributed by atoms with E-state index in [0.29, 0.717) is 0 Å². The third kappa shape index (κ3) is 4470. The zero-order valence-corrected chi connectivity index (χ0v) is 4.90. The van der Waals surface area contributed by atoms with E-state index in [1.807, 2.05) is 0 Å². The molecule has 0 spiro atoms. The maximum atomic E-state index is 8.25. The summed E-state index contributed by atoms with van der Waals surface area (Å²) in [6.45, 7) is 0. The van der Waals surface area contributed by atoms with E-state index in [1.54, 1.807) is 0 Å². The quantitative estimate of drug-likeness (QED) is 0.337. The van der Waals surface area contributed by atoms with Gasteiger partial charge in [-0.2, -0.15) is 0 Å². The van der Waals surface area contributed by atoms with Crippen molar-refractivity contribution < 1.29 is 32.9 Å². The smallest absolute Gasteiger partial charge is 0.870 e. The van der Waals surface area contributed by atoms with Crippen molar-refractivity contribution in [2.24, 2.45) is 0 Å². The van der Waals surface area contributed by atoms with E-state index in [2.05, 4.69) is 0 Å². The maximum Gasteiger partial charge on any atom is 1.00 e. The molecule has 0 amide bonds. The van der Waals surface area contributed by atoms with Gasteiger partial charge in [0.1, 0.15) is 0 Å². The van der Waals surface area contributed by atoms with E-state index in [4.69, 9.17) is 15.3 Å². The second kappa shape index (κ2) is 16.9. The summed E-state index contributed by atoms with van der Waals surface area (Å²) >= 11 is 0. The molecule has 0 aromatic heterocycles. The summed E-state index contributed by atoms with van der Waals surface area (Å²) in [7, 11) is 0. The molecule has 0 saturated heterocycles. The Morgan fingerprint density at radius 1 is 1.29 bits per heavy atom. The van der Waals surface area contributed by atoms with Gasteiger partial charge in [0, 0.05) is 0 Å². The second-order valence-corrected chi connectivity index (χ2v) is 0.224. The molecule has 0 aromatic carbocycles. The van der Waals surface area contributed by atoms with E-state index in [-0.39, 0.29) is 34.0 Å². The number of quaternary nitrogens is 1. The Kier molecular flexibility index (Phi) is 69.6. The van der Waals surface area contributed by atoms with Gasteiger partial charge in [0.05, 0.1) is 5.09 Å². The third-order valence-electron chi connectivity index (χ3n) is 0. The Morgan fingerprint density at radius 3 is 1.29 bits per heavy atom. The van der Waals surface area contributed by atoms with E-state index in [9.17, 15) is 0 Å². The Bertz CT molecular complexity index is 32.7. The normalized spacial score (nSPS) is 3.43. The van der Waals surface area contributed by atoms with Crippen molar-refractivity contribution >= 4 is 0 Å². The minimum Gasteiger partial charge on any atom is -0.870 e. The van der Waals surface area contributed by atoms with E-state index in [1.165, 1.54) is 0 Å². The van der Waals surface area contributed by atoms with Crippen LogP contribution in [-0.4, -0.2) is 10.6 Å². The second-order valence-electron chi connectivity index (χ2n) is 0.224. The van der Waals surface area contributed by atoms with Crippen LogP contribution in [0.3, 0.4) is 0 Å². The Hall–Kier alpha value is -0.140. The van der Waals surface area contributed by atoms with E-state index < -0.39 is 5.09 Å². The van der Waals surface area contributed by atoms with Crippen LogP contribution in [-0.2, 0) is 22.4 Å². The molecule has 50 valence electrons. The summed E-state index contributed by atoms with van der Waals surface area (Å²) in [5.74, 6) is 0. The minimum absolute atomic E-state index is 0. The molecule has 0 aliphatic carbocycles. The average Bonchev–Trinajstić information content (AvgIpc) is 0.811. The minimum atomic E-state index is -1.75. The van der Waals surface area contributed by atoms with Gasteiger partial charge in [-0.15, -0.1) is 0 Å². The number of rotatable bonds is 0. The van der Waals surface area contributed by atoms with Crippen molar-refractivity contribution in [2.45, 2.75) is 0 Å². The van der Waals surface area contributed by atoms with Gasteiger partial charge in [0.25, 0.3) is 0 Å². The van der Waals surface area contributed by atoms with Crippen molar-refractivity contribution in [2.75, 3.05) is 0 Å². The Labute approximate surface area is 55.0 Å². The molecule has 7 heteroatoms. The summed E-state index contributed by atoms with van der Waals surface area (Å²) in [4.78, 5) is 8.25. The molecule has 5 N–H and O–H groups in total. The van der Waals surface area contributed by atoms with Crippen LogP contribution in [0.15, 0.2) is 0 Å². The van der Waals surface area contributed by atoms with Crippen LogP contribution in [0.5, 0.6) is 0 Å². The third-order valence-corrected chi connectivity index (χ3v) is 0. The zero-order valence-electron chi connectivity index (χ0n) is 3.42. The summed E-state index contributed by atoms with van der Waals surface area (Å²) in [5, 5.41) is 14.8. The summed E-state index contributed by atoms with van der Waals surface area (Å²) in [5.41, 5.74) is 0. The van der Waals surface area contributed by atoms with Crippen molar-refractivity contribution in [3.8, 4) is 0 Å². The fraction of sp³-hybridized carbons (Fsp3) is 0.